The van der Waals surface area contributed by atoms with Gasteiger partial charge in [-0.1, -0.05) is 0 Å². The summed E-state index contributed by atoms with van der Waals surface area (Å²) in [6, 6.07) is 2.11. The van der Waals surface area contributed by atoms with E-state index in [2.05, 4.69) is 11.0 Å². The van der Waals surface area contributed by atoms with Crippen molar-refractivity contribution in [2.75, 3.05) is 26.9 Å². The third kappa shape index (κ3) is 2.63. The second kappa shape index (κ2) is 4.73. The Labute approximate surface area is 78.7 Å². The third-order valence-corrected chi connectivity index (χ3v) is 2.05. The van der Waals surface area contributed by atoms with Gasteiger partial charge in [0.15, 0.2) is 0 Å². The van der Waals surface area contributed by atoms with Gasteiger partial charge in [-0.15, -0.1) is 0 Å². The maximum Gasteiger partial charge on any atom is 0.0894 e. The molecule has 4 heteroatoms. The van der Waals surface area contributed by atoms with Crippen LogP contribution in [-0.2, 0) is 0 Å². The van der Waals surface area contributed by atoms with Crippen molar-refractivity contribution < 1.29 is 5.11 Å². The highest BCUT2D eigenvalue weighted by Gasteiger charge is 2.16. The molecule has 72 valence electrons. The molecule has 1 heterocycles. The van der Waals surface area contributed by atoms with E-state index in [4.69, 9.17) is 10.4 Å². The zero-order valence-corrected chi connectivity index (χ0v) is 7.90. The van der Waals surface area contributed by atoms with Gasteiger partial charge in [0.1, 0.15) is 0 Å². The normalized spacial score (nSPS) is 15.9. The Balaban J connectivity index is 2.35. The van der Waals surface area contributed by atoms with Crippen LogP contribution in [0.15, 0.2) is 11.9 Å². The van der Waals surface area contributed by atoms with Gasteiger partial charge in [0.2, 0.25) is 0 Å². The van der Waals surface area contributed by atoms with E-state index in [1.54, 1.807) is 0 Å². The van der Waals surface area contributed by atoms with Gasteiger partial charge in [0.25, 0.3) is 0 Å². The highest BCUT2D eigenvalue weighted by Crippen LogP contribution is 2.13. The Bertz CT molecular complexity index is 232. The fraction of sp³-hybridized carbons (Fsp3) is 0.667. The molecule has 0 aromatic heterocycles. The van der Waals surface area contributed by atoms with Gasteiger partial charge in [-0.25, -0.2) is 0 Å². The van der Waals surface area contributed by atoms with Crippen LogP contribution in [-0.4, -0.2) is 41.8 Å². The van der Waals surface area contributed by atoms with E-state index in [9.17, 15) is 0 Å². The van der Waals surface area contributed by atoms with Crippen LogP contribution in [0.25, 0.3) is 0 Å². The summed E-state index contributed by atoms with van der Waals surface area (Å²) >= 11 is 0. The Hall–Kier alpha value is -1.21. The van der Waals surface area contributed by atoms with E-state index in [0.717, 1.165) is 25.3 Å². The molecule has 0 amide bonds. The molecular weight excluding hydrogens is 166 g/mol. The molecule has 1 aliphatic heterocycles. The summed E-state index contributed by atoms with van der Waals surface area (Å²) in [4.78, 5) is 4.12. The molecule has 0 aliphatic carbocycles. The lowest BCUT2D eigenvalue weighted by atomic mass is 10.3. The van der Waals surface area contributed by atoms with Crippen molar-refractivity contribution in [2.24, 2.45) is 0 Å². The maximum atomic E-state index is 9.01. The molecule has 1 aliphatic rings. The van der Waals surface area contributed by atoms with Gasteiger partial charge < -0.3 is 14.9 Å². The molecular formula is C9H15N3O. The van der Waals surface area contributed by atoms with Crippen molar-refractivity contribution in [3.63, 3.8) is 0 Å². The summed E-state index contributed by atoms with van der Waals surface area (Å²) in [6.07, 6.45) is 3.38. The van der Waals surface area contributed by atoms with Crippen molar-refractivity contribution in [3.05, 3.63) is 11.9 Å². The van der Waals surface area contributed by atoms with Crippen LogP contribution in [0.4, 0.5) is 0 Å². The summed E-state index contributed by atoms with van der Waals surface area (Å²) in [5, 5.41) is 17.4. The number of aliphatic hydroxyl groups is 1. The standard InChI is InChI=1S/C9H15N3O/c1-11-6-9(7-13)12(8-11)5-3-2-4-10/h6,13H,2-3,5,7-8H2,1H3. The number of nitrogens with zero attached hydrogens (tertiary/aromatic N) is 3. The second-order valence-corrected chi connectivity index (χ2v) is 3.20. The molecule has 0 aromatic carbocycles. The van der Waals surface area contributed by atoms with Gasteiger partial charge in [0.05, 0.1) is 25.0 Å². The average Bonchev–Trinajstić information content (AvgIpc) is 2.47. The van der Waals surface area contributed by atoms with E-state index in [1.165, 1.54) is 0 Å². The minimum atomic E-state index is 0.0803. The molecule has 1 N–H and O–H groups in total. The van der Waals surface area contributed by atoms with Crippen LogP contribution in [0.5, 0.6) is 0 Å². The third-order valence-electron chi connectivity index (χ3n) is 2.05. The highest BCUT2D eigenvalue weighted by atomic mass is 16.3. The Morgan fingerprint density at radius 1 is 1.69 bits per heavy atom. The number of hydrogen-bond acceptors (Lipinski definition) is 4. The zero-order valence-electron chi connectivity index (χ0n) is 7.90. The first-order chi connectivity index (χ1) is 6.27. The Morgan fingerprint density at radius 2 is 2.46 bits per heavy atom. The van der Waals surface area contributed by atoms with Crippen molar-refractivity contribution >= 4 is 0 Å². The lowest BCUT2D eigenvalue weighted by Crippen LogP contribution is -2.27. The van der Waals surface area contributed by atoms with Crippen molar-refractivity contribution in [1.29, 1.82) is 5.26 Å². The zero-order chi connectivity index (χ0) is 9.68. The van der Waals surface area contributed by atoms with Crippen LogP contribution in [0.3, 0.4) is 0 Å². The molecule has 0 fully saturated rings. The van der Waals surface area contributed by atoms with E-state index >= 15 is 0 Å². The molecule has 4 nitrogen and oxygen atoms in total. The first-order valence-electron chi connectivity index (χ1n) is 4.41. The summed E-state index contributed by atoms with van der Waals surface area (Å²) < 4.78 is 0. The molecule has 0 saturated carbocycles. The summed E-state index contributed by atoms with van der Waals surface area (Å²) in [7, 11) is 1.97. The maximum absolute atomic E-state index is 9.01. The smallest absolute Gasteiger partial charge is 0.0894 e. The van der Waals surface area contributed by atoms with E-state index in [0.29, 0.717) is 6.42 Å². The minimum Gasteiger partial charge on any atom is -0.390 e. The van der Waals surface area contributed by atoms with Gasteiger partial charge in [-0.05, 0) is 6.42 Å². The number of aliphatic hydroxyl groups excluding tert-OH is 1. The topological polar surface area (TPSA) is 50.5 Å². The van der Waals surface area contributed by atoms with Crippen LogP contribution in [0.2, 0.25) is 0 Å². The SMILES string of the molecule is CN1C=C(CO)N(CCCC#N)C1. The van der Waals surface area contributed by atoms with Crippen molar-refractivity contribution in [3.8, 4) is 6.07 Å². The number of unbranched alkanes of at least 4 members (excludes halogenated alkanes) is 1. The molecule has 0 aromatic rings. The van der Waals surface area contributed by atoms with Crippen LogP contribution >= 0.6 is 0 Å². The number of rotatable bonds is 4. The monoisotopic (exact) mass is 181 g/mol. The Morgan fingerprint density at radius 3 is 3.08 bits per heavy atom. The highest BCUT2D eigenvalue weighted by molar-refractivity contribution is 5.05. The molecule has 0 bridgehead atoms. The molecule has 13 heavy (non-hydrogen) atoms. The van der Waals surface area contributed by atoms with Crippen LogP contribution in [0.1, 0.15) is 12.8 Å². The largest absolute Gasteiger partial charge is 0.390 e. The fourth-order valence-corrected chi connectivity index (χ4v) is 1.44. The number of hydrogen-bond donors (Lipinski definition) is 1. The molecule has 1 rings (SSSR count). The predicted octanol–water partition coefficient (Wildman–Crippen LogP) is 0.329. The fourth-order valence-electron chi connectivity index (χ4n) is 1.44. The molecule has 0 atom stereocenters. The number of nitriles is 1. The van der Waals surface area contributed by atoms with Gasteiger partial charge in [-0.2, -0.15) is 5.26 Å². The van der Waals surface area contributed by atoms with Gasteiger partial charge >= 0.3 is 0 Å². The van der Waals surface area contributed by atoms with E-state index < -0.39 is 0 Å². The summed E-state index contributed by atoms with van der Waals surface area (Å²) in [5.41, 5.74) is 0.945. The van der Waals surface area contributed by atoms with E-state index in [1.807, 2.05) is 18.1 Å². The lowest BCUT2D eigenvalue weighted by molar-refractivity contribution is 0.236. The van der Waals surface area contributed by atoms with Crippen LogP contribution in [0, 0.1) is 11.3 Å². The molecule has 0 unspecified atom stereocenters. The quantitative estimate of drug-likeness (QED) is 0.635. The first kappa shape index (κ1) is 9.87. The molecule has 0 radical (unpaired) electrons. The van der Waals surface area contributed by atoms with Crippen molar-refractivity contribution in [2.45, 2.75) is 12.8 Å². The lowest BCUT2D eigenvalue weighted by Gasteiger charge is -2.20. The van der Waals surface area contributed by atoms with Gasteiger partial charge in [0, 0.05) is 26.2 Å². The van der Waals surface area contributed by atoms with E-state index in [-0.39, 0.29) is 6.61 Å². The minimum absolute atomic E-state index is 0.0803. The second-order valence-electron chi connectivity index (χ2n) is 3.20. The molecule has 0 saturated heterocycles. The average molecular weight is 181 g/mol. The molecule has 0 spiro atoms. The van der Waals surface area contributed by atoms with Crippen LogP contribution < -0.4 is 0 Å². The predicted molar refractivity (Wildman–Crippen MR) is 49.4 cm³/mol. The first-order valence-corrected chi connectivity index (χ1v) is 4.41. The summed E-state index contributed by atoms with van der Waals surface area (Å²) in [6.45, 7) is 1.75. The Kier molecular flexibility index (Phi) is 3.59. The van der Waals surface area contributed by atoms with Gasteiger partial charge in [-0.3, -0.25) is 0 Å². The summed E-state index contributed by atoms with van der Waals surface area (Å²) in [5.74, 6) is 0. The van der Waals surface area contributed by atoms with Crippen molar-refractivity contribution in [1.82, 2.24) is 9.80 Å².